The fourth-order valence-electron chi connectivity index (χ4n) is 4.92. The number of carbonyl (C=O) groups is 1. The van der Waals surface area contributed by atoms with Gasteiger partial charge in [0.1, 0.15) is 0 Å². The minimum atomic E-state index is -0.652. The fourth-order valence-corrected chi connectivity index (χ4v) is 4.92. The molecule has 1 saturated heterocycles. The average Bonchev–Trinajstić information content (AvgIpc) is 2.64. The number of benzene rings is 1. The summed E-state index contributed by atoms with van der Waals surface area (Å²) in [5.74, 6) is 0.625. The first-order valence-corrected chi connectivity index (χ1v) is 10.6. The first-order valence-electron chi connectivity index (χ1n) is 10.6. The highest BCUT2D eigenvalue weighted by molar-refractivity contribution is 5.66. The standard InChI is InChI=1S/C24H35NO2/c1-17-5-9-21(10-6-17)23-15-20(8-11-24(26)27)12-13-25(23)16-22-14-18(2)4-7-19(22)3/h4-5,7,14,20-21,23H,6,8-13,15-16H2,1-3H3,(H,26,27)/t20-,21?,23+/m0/s1. The van der Waals surface area contributed by atoms with Gasteiger partial charge in [-0.3, -0.25) is 9.69 Å². The van der Waals surface area contributed by atoms with Crippen molar-refractivity contribution in [2.75, 3.05) is 6.54 Å². The van der Waals surface area contributed by atoms with Crippen LogP contribution in [0.25, 0.3) is 0 Å². The summed E-state index contributed by atoms with van der Waals surface area (Å²) in [4.78, 5) is 13.7. The van der Waals surface area contributed by atoms with Crippen LogP contribution < -0.4 is 0 Å². The van der Waals surface area contributed by atoms with Gasteiger partial charge in [-0.05, 0) is 88.8 Å². The Bertz CT molecular complexity index is 694. The molecule has 0 aromatic heterocycles. The molecule has 1 N–H and O–H groups in total. The van der Waals surface area contributed by atoms with Gasteiger partial charge in [0.25, 0.3) is 0 Å². The molecule has 0 amide bonds. The van der Waals surface area contributed by atoms with Gasteiger partial charge in [-0.25, -0.2) is 0 Å². The lowest BCUT2D eigenvalue weighted by Crippen LogP contribution is -2.46. The molecule has 3 atom stereocenters. The Morgan fingerprint density at radius 1 is 1.22 bits per heavy atom. The van der Waals surface area contributed by atoms with Gasteiger partial charge >= 0.3 is 5.97 Å². The van der Waals surface area contributed by atoms with Crippen LogP contribution in [0.1, 0.15) is 68.6 Å². The second-order valence-electron chi connectivity index (χ2n) is 8.88. The zero-order valence-corrected chi connectivity index (χ0v) is 17.2. The van der Waals surface area contributed by atoms with Crippen molar-refractivity contribution >= 4 is 5.97 Å². The minimum absolute atomic E-state index is 0.318. The van der Waals surface area contributed by atoms with Gasteiger partial charge in [0.2, 0.25) is 0 Å². The first-order chi connectivity index (χ1) is 12.9. The quantitative estimate of drug-likeness (QED) is 0.674. The Labute approximate surface area is 164 Å². The van der Waals surface area contributed by atoms with Crippen LogP contribution in [0.3, 0.4) is 0 Å². The van der Waals surface area contributed by atoms with Gasteiger partial charge in [-0.1, -0.05) is 35.4 Å². The molecule has 2 aliphatic rings. The highest BCUT2D eigenvalue weighted by atomic mass is 16.4. The summed E-state index contributed by atoms with van der Waals surface area (Å²) in [5.41, 5.74) is 5.70. The number of rotatable bonds is 6. The summed E-state index contributed by atoms with van der Waals surface area (Å²) in [6, 6.07) is 7.37. The maximum Gasteiger partial charge on any atom is 0.303 e. The fraction of sp³-hybridized carbons (Fsp3) is 0.625. The van der Waals surface area contributed by atoms with Crippen LogP contribution in [-0.2, 0) is 11.3 Å². The summed E-state index contributed by atoms with van der Waals surface area (Å²) >= 11 is 0. The third-order valence-electron chi connectivity index (χ3n) is 6.74. The topological polar surface area (TPSA) is 40.5 Å². The number of hydrogen-bond acceptors (Lipinski definition) is 2. The van der Waals surface area contributed by atoms with E-state index in [0.717, 1.165) is 32.4 Å². The van der Waals surface area contributed by atoms with Gasteiger partial charge in [-0.15, -0.1) is 0 Å². The van der Waals surface area contributed by atoms with E-state index in [1.807, 2.05) is 0 Å². The highest BCUT2D eigenvalue weighted by Gasteiger charge is 2.34. The van der Waals surface area contributed by atoms with E-state index in [1.54, 1.807) is 0 Å². The maximum absolute atomic E-state index is 11.0. The van der Waals surface area contributed by atoms with Crippen LogP contribution in [-0.4, -0.2) is 28.6 Å². The van der Waals surface area contributed by atoms with Crippen LogP contribution in [0.5, 0.6) is 0 Å². The van der Waals surface area contributed by atoms with E-state index in [0.29, 0.717) is 24.3 Å². The van der Waals surface area contributed by atoms with Gasteiger partial charge < -0.3 is 5.11 Å². The van der Waals surface area contributed by atoms with E-state index in [9.17, 15) is 4.79 Å². The molecule has 1 aliphatic heterocycles. The first kappa shape index (κ1) is 20.1. The molecular weight excluding hydrogens is 334 g/mol. The Hall–Kier alpha value is -1.61. The molecule has 1 aromatic carbocycles. The molecule has 1 heterocycles. The molecule has 1 unspecified atom stereocenters. The monoisotopic (exact) mass is 369 g/mol. The summed E-state index contributed by atoms with van der Waals surface area (Å²) < 4.78 is 0. The smallest absolute Gasteiger partial charge is 0.303 e. The Morgan fingerprint density at radius 3 is 2.74 bits per heavy atom. The Kier molecular flexibility index (Phi) is 6.75. The molecule has 1 fully saturated rings. The van der Waals surface area contributed by atoms with Crippen LogP contribution in [0.4, 0.5) is 0 Å². The predicted molar refractivity (Wildman–Crippen MR) is 111 cm³/mol. The summed E-state index contributed by atoms with van der Waals surface area (Å²) in [5, 5.41) is 9.07. The number of piperidine rings is 1. The molecule has 3 heteroatoms. The SMILES string of the molecule is CC1=CCC([C@H]2C[C@@H](CCC(=O)O)CCN2Cc2cc(C)ccc2C)CC1. The molecule has 1 aliphatic carbocycles. The van der Waals surface area contributed by atoms with Gasteiger partial charge in [0, 0.05) is 19.0 Å². The van der Waals surface area contributed by atoms with E-state index in [-0.39, 0.29) is 0 Å². The van der Waals surface area contributed by atoms with Crippen molar-refractivity contribution in [2.45, 2.75) is 78.3 Å². The number of carboxylic acid groups (broad SMARTS) is 1. The number of likely N-dealkylation sites (tertiary alicyclic amines) is 1. The number of allylic oxidation sites excluding steroid dienone is 2. The van der Waals surface area contributed by atoms with Crippen molar-refractivity contribution in [3.05, 3.63) is 46.5 Å². The molecule has 3 rings (SSSR count). The second-order valence-corrected chi connectivity index (χ2v) is 8.88. The van der Waals surface area contributed by atoms with Crippen LogP contribution in [0, 0.1) is 25.7 Å². The zero-order chi connectivity index (χ0) is 19.4. The summed E-state index contributed by atoms with van der Waals surface area (Å²) in [7, 11) is 0. The van der Waals surface area contributed by atoms with Crippen molar-refractivity contribution in [2.24, 2.45) is 11.8 Å². The molecule has 0 bridgehead atoms. The van der Waals surface area contributed by atoms with Crippen LogP contribution in [0.2, 0.25) is 0 Å². The molecule has 1 aromatic rings. The molecule has 0 saturated carbocycles. The molecule has 0 radical (unpaired) electrons. The maximum atomic E-state index is 11.0. The van der Waals surface area contributed by atoms with Gasteiger partial charge in [0.15, 0.2) is 0 Å². The van der Waals surface area contributed by atoms with Crippen LogP contribution in [0.15, 0.2) is 29.8 Å². The molecule has 0 spiro atoms. The number of aliphatic carboxylic acids is 1. The summed E-state index contributed by atoms with van der Waals surface area (Å²) in [6.07, 6.45) is 9.57. The molecule has 27 heavy (non-hydrogen) atoms. The third-order valence-corrected chi connectivity index (χ3v) is 6.74. The zero-order valence-electron chi connectivity index (χ0n) is 17.2. The number of aryl methyl sites for hydroxylation is 2. The molecular formula is C24H35NO2. The van der Waals surface area contributed by atoms with E-state index in [2.05, 4.69) is 49.9 Å². The largest absolute Gasteiger partial charge is 0.481 e. The van der Waals surface area contributed by atoms with E-state index in [4.69, 9.17) is 5.11 Å². The van der Waals surface area contributed by atoms with Gasteiger partial charge in [-0.2, -0.15) is 0 Å². The normalized spacial score (nSPS) is 26.6. The highest BCUT2D eigenvalue weighted by Crippen LogP contribution is 2.37. The van der Waals surface area contributed by atoms with Gasteiger partial charge in [0.05, 0.1) is 0 Å². The lowest BCUT2D eigenvalue weighted by molar-refractivity contribution is -0.137. The Balaban J connectivity index is 1.74. The molecule has 148 valence electrons. The number of carboxylic acids is 1. The second kappa shape index (κ2) is 9.05. The van der Waals surface area contributed by atoms with Crippen molar-refractivity contribution in [3.63, 3.8) is 0 Å². The van der Waals surface area contributed by atoms with E-state index < -0.39 is 5.97 Å². The number of hydrogen-bond donors (Lipinski definition) is 1. The van der Waals surface area contributed by atoms with Crippen molar-refractivity contribution in [1.29, 1.82) is 0 Å². The lowest BCUT2D eigenvalue weighted by Gasteiger charge is -2.44. The van der Waals surface area contributed by atoms with Crippen LogP contribution >= 0.6 is 0 Å². The lowest BCUT2D eigenvalue weighted by atomic mass is 9.76. The Morgan fingerprint density at radius 2 is 2.04 bits per heavy atom. The molecule has 3 nitrogen and oxygen atoms in total. The minimum Gasteiger partial charge on any atom is -0.481 e. The van der Waals surface area contributed by atoms with E-state index >= 15 is 0 Å². The number of nitrogens with zero attached hydrogens (tertiary/aromatic N) is 1. The van der Waals surface area contributed by atoms with Crippen molar-refractivity contribution < 1.29 is 9.90 Å². The van der Waals surface area contributed by atoms with E-state index in [1.165, 1.54) is 41.5 Å². The average molecular weight is 370 g/mol. The predicted octanol–water partition coefficient (Wildman–Crippen LogP) is 5.50. The van der Waals surface area contributed by atoms with Crippen molar-refractivity contribution in [1.82, 2.24) is 4.90 Å². The summed E-state index contributed by atoms with van der Waals surface area (Å²) in [6.45, 7) is 8.77. The van der Waals surface area contributed by atoms with Crippen molar-refractivity contribution in [3.8, 4) is 0 Å². The third kappa shape index (κ3) is 5.44.